The van der Waals surface area contributed by atoms with Gasteiger partial charge in [-0.15, -0.1) is 11.3 Å². The van der Waals surface area contributed by atoms with E-state index in [1.165, 1.54) is 0 Å². The second-order valence-electron chi connectivity index (χ2n) is 6.98. The SMILES string of the molecule is Cc1ccc2c(c1)C1NC(=O)N(Cc3cccs3)C3(CCCOC13)O2. The van der Waals surface area contributed by atoms with Crippen LogP contribution in [-0.2, 0) is 11.3 Å². The number of fused-ring (bicyclic) bond motifs is 2. The van der Waals surface area contributed by atoms with Crippen molar-refractivity contribution in [3.8, 4) is 5.75 Å². The third kappa shape index (κ3) is 2.20. The van der Waals surface area contributed by atoms with Crippen LogP contribution in [0.3, 0.4) is 0 Å². The second kappa shape index (κ2) is 5.47. The summed E-state index contributed by atoms with van der Waals surface area (Å²) in [6, 6.07) is 10.0. The predicted molar refractivity (Wildman–Crippen MR) is 94.6 cm³/mol. The number of hydrogen-bond donors (Lipinski definition) is 1. The number of nitrogens with zero attached hydrogens (tertiary/aromatic N) is 1. The summed E-state index contributed by atoms with van der Waals surface area (Å²) in [5.41, 5.74) is 1.45. The van der Waals surface area contributed by atoms with Crippen molar-refractivity contribution in [3.63, 3.8) is 0 Å². The molecule has 2 amide bonds. The van der Waals surface area contributed by atoms with E-state index in [9.17, 15) is 4.79 Å². The first-order valence-electron chi connectivity index (χ1n) is 8.69. The fourth-order valence-electron chi connectivity index (χ4n) is 4.28. The van der Waals surface area contributed by atoms with Crippen LogP contribution in [-0.4, -0.2) is 29.4 Å². The van der Waals surface area contributed by atoms with Crippen LogP contribution in [0.5, 0.6) is 5.75 Å². The summed E-state index contributed by atoms with van der Waals surface area (Å²) in [5, 5.41) is 5.21. The number of aryl methyl sites for hydroxylation is 1. The maximum absolute atomic E-state index is 13.0. The van der Waals surface area contributed by atoms with Crippen LogP contribution < -0.4 is 10.1 Å². The Bertz CT molecular complexity index is 822. The summed E-state index contributed by atoms with van der Waals surface area (Å²) in [5.74, 6) is 0.855. The van der Waals surface area contributed by atoms with Gasteiger partial charge < -0.3 is 14.8 Å². The number of hydrogen-bond acceptors (Lipinski definition) is 4. The van der Waals surface area contributed by atoms with Gasteiger partial charge in [-0.25, -0.2) is 4.79 Å². The molecular weight excluding hydrogens is 336 g/mol. The van der Waals surface area contributed by atoms with E-state index in [4.69, 9.17) is 9.47 Å². The van der Waals surface area contributed by atoms with Gasteiger partial charge in [-0.2, -0.15) is 0 Å². The number of benzene rings is 1. The average molecular weight is 356 g/mol. The third-order valence-corrected chi connectivity index (χ3v) is 6.25. The van der Waals surface area contributed by atoms with E-state index in [1.54, 1.807) is 11.3 Å². The average Bonchev–Trinajstić information content (AvgIpc) is 3.12. The zero-order valence-electron chi connectivity index (χ0n) is 14.0. The first-order chi connectivity index (χ1) is 12.2. The van der Waals surface area contributed by atoms with Gasteiger partial charge >= 0.3 is 6.03 Å². The summed E-state index contributed by atoms with van der Waals surface area (Å²) >= 11 is 1.66. The maximum atomic E-state index is 13.0. The van der Waals surface area contributed by atoms with Gasteiger partial charge in [0.15, 0.2) is 0 Å². The van der Waals surface area contributed by atoms with E-state index in [2.05, 4.69) is 30.4 Å². The number of carbonyl (C=O) groups excluding carboxylic acids is 1. The molecule has 0 aliphatic carbocycles. The Hall–Kier alpha value is -2.05. The Morgan fingerprint density at radius 2 is 2.32 bits per heavy atom. The molecule has 3 aliphatic heterocycles. The molecule has 0 saturated carbocycles. The van der Waals surface area contributed by atoms with Crippen molar-refractivity contribution in [1.29, 1.82) is 0 Å². The normalized spacial score (nSPS) is 30.1. The first kappa shape index (κ1) is 15.2. The summed E-state index contributed by atoms with van der Waals surface area (Å²) in [6.07, 6.45) is 1.49. The molecule has 0 radical (unpaired) electrons. The molecule has 3 aliphatic rings. The number of amides is 2. The van der Waals surface area contributed by atoms with Gasteiger partial charge in [-0.05, 0) is 30.9 Å². The summed E-state index contributed by atoms with van der Waals surface area (Å²) in [4.78, 5) is 15.9. The zero-order chi connectivity index (χ0) is 17.0. The molecule has 6 heteroatoms. The molecule has 2 bridgehead atoms. The Kier molecular flexibility index (Phi) is 3.33. The van der Waals surface area contributed by atoms with E-state index in [-0.39, 0.29) is 18.2 Å². The van der Waals surface area contributed by atoms with Gasteiger partial charge in [0.2, 0.25) is 5.72 Å². The van der Waals surface area contributed by atoms with Gasteiger partial charge in [-0.1, -0.05) is 23.8 Å². The molecule has 3 atom stereocenters. The van der Waals surface area contributed by atoms with E-state index in [0.29, 0.717) is 13.2 Å². The van der Waals surface area contributed by atoms with Gasteiger partial charge in [0.1, 0.15) is 11.9 Å². The van der Waals surface area contributed by atoms with Crippen molar-refractivity contribution in [1.82, 2.24) is 10.2 Å². The number of carbonyl (C=O) groups is 1. The largest absolute Gasteiger partial charge is 0.465 e. The lowest BCUT2D eigenvalue weighted by Gasteiger charge is -2.58. The monoisotopic (exact) mass is 356 g/mol. The summed E-state index contributed by atoms with van der Waals surface area (Å²) in [6.45, 7) is 3.30. The lowest BCUT2D eigenvalue weighted by atomic mass is 9.82. The molecule has 2 fully saturated rings. The molecule has 5 rings (SSSR count). The fourth-order valence-corrected chi connectivity index (χ4v) is 4.97. The molecule has 1 N–H and O–H groups in total. The van der Waals surface area contributed by atoms with Gasteiger partial charge in [0.05, 0.1) is 12.6 Å². The molecule has 1 aromatic heterocycles. The van der Waals surface area contributed by atoms with Crippen LogP contribution in [0, 0.1) is 6.92 Å². The zero-order valence-corrected chi connectivity index (χ0v) is 14.8. The third-order valence-electron chi connectivity index (χ3n) is 5.39. The standard InChI is InChI=1S/C19H20N2O3S/c1-12-5-6-15-14(10-12)16-17-19(24-15,7-3-8-23-17)21(18(22)20-16)11-13-4-2-9-25-13/h2,4-6,9-10,16-17H,3,7-8,11H2,1H3,(H,20,22). The molecule has 2 aromatic rings. The van der Waals surface area contributed by atoms with Gasteiger partial charge in [0.25, 0.3) is 0 Å². The molecule has 1 aromatic carbocycles. The van der Waals surface area contributed by atoms with Crippen molar-refractivity contribution in [2.45, 2.75) is 44.2 Å². The van der Waals surface area contributed by atoms with Crippen molar-refractivity contribution in [2.75, 3.05) is 6.61 Å². The number of ether oxygens (including phenoxy) is 2. The minimum Gasteiger partial charge on any atom is -0.465 e. The van der Waals surface area contributed by atoms with Gasteiger partial charge in [0, 0.05) is 23.5 Å². The summed E-state index contributed by atoms with van der Waals surface area (Å²) in [7, 11) is 0. The Balaban J connectivity index is 1.62. The number of thiophene rings is 1. The van der Waals surface area contributed by atoms with Gasteiger partial charge in [-0.3, -0.25) is 4.90 Å². The maximum Gasteiger partial charge on any atom is 0.321 e. The van der Waals surface area contributed by atoms with E-state index in [0.717, 1.165) is 34.6 Å². The number of nitrogens with one attached hydrogen (secondary N) is 1. The predicted octanol–water partition coefficient (Wildman–Crippen LogP) is 3.59. The molecule has 130 valence electrons. The van der Waals surface area contributed by atoms with Crippen LogP contribution >= 0.6 is 11.3 Å². The molecule has 5 nitrogen and oxygen atoms in total. The highest BCUT2D eigenvalue weighted by Crippen LogP contribution is 2.50. The number of urea groups is 1. The van der Waals surface area contributed by atoms with E-state index < -0.39 is 5.72 Å². The molecule has 25 heavy (non-hydrogen) atoms. The minimum atomic E-state index is -0.725. The Morgan fingerprint density at radius 1 is 1.40 bits per heavy atom. The van der Waals surface area contributed by atoms with Crippen molar-refractivity contribution in [2.24, 2.45) is 0 Å². The molecule has 4 heterocycles. The lowest BCUT2D eigenvalue weighted by molar-refractivity contribution is -0.226. The van der Waals surface area contributed by atoms with Crippen LogP contribution in [0.25, 0.3) is 0 Å². The first-order valence-corrected chi connectivity index (χ1v) is 9.57. The highest BCUT2D eigenvalue weighted by Gasteiger charge is 2.61. The van der Waals surface area contributed by atoms with Crippen LogP contribution in [0.4, 0.5) is 4.79 Å². The number of rotatable bonds is 2. The highest BCUT2D eigenvalue weighted by molar-refractivity contribution is 7.09. The van der Waals surface area contributed by atoms with E-state index in [1.807, 2.05) is 22.4 Å². The lowest BCUT2D eigenvalue weighted by Crippen LogP contribution is -2.74. The minimum absolute atomic E-state index is 0.0766. The van der Waals surface area contributed by atoms with Crippen LogP contribution in [0.1, 0.15) is 34.9 Å². The van der Waals surface area contributed by atoms with Crippen molar-refractivity contribution in [3.05, 3.63) is 51.7 Å². The fraction of sp³-hybridized carbons (Fsp3) is 0.421. The quantitative estimate of drug-likeness (QED) is 0.895. The topological polar surface area (TPSA) is 50.8 Å². The molecule has 0 spiro atoms. The molecule has 3 unspecified atom stereocenters. The Morgan fingerprint density at radius 3 is 3.16 bits per heavy atom. The summed E-state index contributed by atoms with van der Waals surface area (Å²) < 4.78 is 12.7. The van der Waals surface area contributed by atoms with Crippen LogP contribution in [0.2, 0.25) is 0 Å². The molecular formula is C19H20N2O3S. The second-order valence-corrected chi connectivity index (χ2v) is 8.01. The smallest absolute Gasteiger partial charge is 0.321 e. The highest BCUT2D eigenvalue weighted by atomic mass is 32.1. The van der Waals surface area contributed by atoms with Crippen LogP contribution in [0.15, 0.2) is 35.7 Å². The Labute approximate surface area is 150 Å². The van der Waals surface area contributed by atoms with Crippen molar-refractivity contribution < 1.29 is 14.3 Å². The van der Waals surface area contributed by atoms with E-state index >= 15 is 0 Å². The van der Waals surface area contributed by atoms with Crippen molar-refractivity contribution >= 4 is 17.4 Å². The molecule has 2 saturated heterocycles.